The van der Waals surface area contributed by atoms with Crippen molar-refractivity contribution < 1.29 is 26.3 Å². The Balaban J connectivity index is 5.19. The first-order valence-corrected chi connectivity index (χ1v) is 3.76. The number of hydrogen-bond acceptors (Lipinski definition) is 2. The second-order valence-corrected chi connectivity index (χ2v) is 3.05. The molecule has 0 spiro atoms. The average Bonchev–Trinajstić information content (AvgIpc) is 1.93. The summed E-state index contributed by atoms with van der Waals surface area (Å²) in [5, 5.41) is 0. The summed E-state index contributed by atoms with van der Waals surface area (Å²) in [4.78, 5) is 0. The van der Waals surface area contributed by atoms with Crippen molar-refractivity contribution in [1.82, 2.24) is 5.43 Å². The SMILES string of the molecule is C=C(C)C(NN)C(C(F)(F)F)C(F)(F)F. The van der Waals surface area contributed by atoms with E-state index >= 15 is 0 Å². The molecule has 1 atom stereocenters. The number of alkyl halides is 6. The number of nitrogens with two attached hydrogens (primary N) is 1. The van der Waals surface area contributed by atoms with Crippen LogP contribution in [0.4, 0.5) is 26.3 Å². The lowest BCUT2D eigenvalue weighted by molar-refractivity contribution is -0.289. The van der Waals surface area contributed by atoms with Crippen LogP contribution in [0.5, 0.6) is 0 Å². The third kappa shape index (κ3) is 3.71. The average molecular weight is 236 g/mol. The van der Waals surface area contributed by atoms with E-state index in [-0.39, 0.29) is 5.57 Å². The van der Waals surface area contributed by atoms with Crippen LogP contribution < -0.4 is 11.3 Å². The second kappa shape index (κ2) is 4.40. The lowest BCUT2D eigenvalue weighted by atomic mass is 9.94. The smallest absolute Gasteiger partial charge is 0.271 e. The van der Waals surface area contributed by atoms with Crippen molar-refractivity contribution >= 4 is 0 Å². The number of nitrogens with one attached hydrogen (secondary N) is 1. The Kier molecular flexibility index (Phi) is 4.17. The van der Waals surface area contributed by atoms with Crippen LogP contribution in [-0.4, -0.2) is 18.4 Å². The molecule has 1 unspecified atom stereocenters. The van der Waals surface area contributed by atoms with Crippen molar-refractivity contribution in [3.63, 3.8) is 0 Å². The summed E-state index contributed by atoms with van der Waals surface area (Å²) in [6.07, 6.45) is -10.8. The predicted octanol–water partition coefficient (Wildman–Crippen LogP) is 2.14. The van der Waals surface area contributed by atoms with Crippen LogP contribution in [0.25, 0.3) is 0 Å². The zero-order chi connectivity index (χ0) is 12.4. The maximum Gasteiger partial charge on any atom is 0.402 e. The van der Waals surface area contributed by atoms with Crippen LogP contribution in [0.3, 0.4) is 0 Å². The van der Waals surface area contributed by atoms with Gasteiger partial charge in [-0.1, -0.05) is 12.2 Å². The third-order valence-corrected chi connectivity index (χ3v) is 1.75. The van der Waals surface area contributed by atoms with E-state index in [1.807, 2.05) is 0 Å². The van der Waals surface area contributed by atoms with E-state index in [1.165, 1.54) is 5.43 Å². The molecule has 0 aromatic rings. The summed E-state index contributed by atoms with van der Waals surface area (Å²) >= 11 is 0. The standard InChI is InChI=1S/C7H10F6N2/c1-3(2)4(15-14)5(6(8,9)10)7(11,12)13/h4-5,15H,1,14H2,2H3. The predicted molar refractivity (Wildman–Crippen MR) is 41.5 cm³/mol. The van der Waals surface area contributed by atoms with Crippen molar-refractivity contribution in [2.45, 2.75) is 25.3 Å². The molecule has 3 N–H and O–H groups in total. The number of rotatable bonds is 3. The van der Waals surface area contributed by atoms with Crippen molar-refractivity contribution in [3.8, 4) is 0 Å². The van der Waals surface area contributed by atoms with Gasteiger partial charge in [0.15, 0.2) is 5.92 Å². The molecule has 0 bridgehead atoms. The fraction of sp³-hybridized carbons (Fsp3) is 0.714. The van der Waals surface area contributed by atoms with E-state index in [2.05, 4.69) is 12.4 Å². The van der Waals surface area contributed by atoms with Gasteiger partial charge in [-0.25, -0.2) is 0 Å². The molecule has 0 aliphatic heterocycles. The molecule has 0 fully saturated rings. The van der Waals surface area contributed by atoms with Crippen molar-refractivity contribution in [2.75, 3.05) is 0 Å². The summed E-state index contributed by atoms with van der Waals surface area (Å²) in [5.74, 6) is 1.11. The van der Waals surface area contributed by atoms with E-state index < -0.39 is 24.3 Å². The van der Waals surface area contributed by atoms with Gasteiger partial charge in [-0.05, 0) is 6.92 Å². The van der Waals surface area contributed by atoms with E-state index in [9.17, 15) is 26.3 Å². The van der Waals surface area contributed by atoms with Gasteiger partial charge in [0.25, 0.3) is 0 Å². The quantitative estimate of drug-likeness (QED) is 0.341. The molecular weight excluding hydrogens is 226 g/mol. The zero-order valence-corrected chi connectivity index (χ0v) is 7.71. The molecule has 0 rings (SSSR count). The van der Waals surface area contributed by atoms with Gasteiger partial charge in [-0.3, -0.25) is 11.3 Å². The van der Waals surface area contributed by atoms with Gasteiger partial charge in [-0.2, -0.15) is 26.3 Å². The summed E-state index contributed by atoms with van der Waals surface area (Å²) in [5.41, 5.74) is 1.14. The van der Waals surface area contributed by atoms with Crippen LogP contribution in [-0.2, 0) is 0 Å². The van der Waals surface area contributed by atoms with Gasteiger partial charge >= 0.3 is 12.4 Å². The molecule has 15 heavy (non-hydrogen) atoms. The largest absolute Gasteiger partial charge is 0.402 e. The minimum Gasteiger partial charge on any atom is -0.271 e. The maximum atomic E-state index is 12.2. The minimum atomic E-state index is -5.42. The van der Waals surface area contributed by atoms with E-state index in [0.29, 0.717) is 0 Å². The highest BCUT2D eigenvalue weighted by atomic mass is 19.4. The minimum absolute atomic E-state index is 0.336. The summed E-state index contributed by atoms with van der Waals surface area (Å²) < 4.78 is 72.9. The Morgan fingerprint density at radius 3 is 1.53 bits per heavy atom. The summed E-state index contributed by atoms with van der Waals surface area (Å²) in [6.45, 7) is 4.07. The number of hydrazine groups is 1. The second-order valence-electron chi connectivity index (χ2n) is 3.05. The molecule has 8 heteroatoms. The van der Waals surface area contributed by atoms with Crippen molar-refractivity contribution in [3.05, 3.63) is 12.2 Å². The first-order chi connectivity index (χ1) is 6.51. The topological polar surface area (TPSA) is 38.0 Å². The fourth-order valence-corrected chi connectivity index (χ4v) is 1.09. The molecule has 0 heterocycles. The maximum absolute atomic E-state index is 12.2. The highest BCUT2D eigenvalue weighted by molar-refractivity contribution is 5.07. The van der Waals surface area contributed by atoms with Gasteiger partial charge in [-0.15, -0.1) is 0 Å². The van der Waals surface area contributed by atoms with E-state index in [4.69, 9.17) is 0 Å². The Morgan fingerprint density at radius 1 is 1.13 bits per heavy atom. The molecular formula is C7H10F6N2. The van der Waals surface area contributed by atoms with Gasteiger partial charge in [0.1, 0.15) is 0 Å². The molecule has 0 amide bonds. The molecule has 0 saturated carbocycles. The molecule has 0 aliphatic carbocycles. The normalized spacial score (nSPS) is 15.5. The molecule has 0 aliphatic rings. The first-order valence-electron chi connectivity index (χ1n) is 3.76. The lowest BCUT2D eigenvalue weighted by Crippen LogP contribution is -2.53. The van der Waals surface area contributed by atoms with Crippen molar-refractivity contribution in [2.24, 2.45) is 11.8 Å². The summed E-state index contributed by atoms with van der Waals surface area (Å²) in [6, 6.07) is -2.08. The van der Waals surface area contributed by atoms with Gasteiger partial charge < -0.3 is 0 Å². The fourth-order valence-electron chi connectivity index (χ4n) is 1.09. The Morgan fingerprint density at radius 2 is 1.47 bits per heavy atom. The first kappa shape index (κ1) is 14.2. The van der Waals surface area contributed by atoms with E-state index in [0.717, 1.165) is 6.92 Å². The molecule has 0 radical (unpaired) electrons. The van der Waals surface area contributed by atoms with Gasteiger partial charge in [0, 0.05) is 0 Å². The highest BCUT2D eigenvalue weighted by Crippen LogP contribution is 2.42. The third-order valence-electron chi connectivity index (χ3n) is 1.75. The molecule has 0 saturated heterocycles. The van der Waals surface area contributed by atoms with Crippen LogP contribution in [0.2, 0.25) is 0 Å². The lowest BCUT2D eigenvalue weighted by Gasteiger charge is -2.30. The Labute approximate surface area is 82.1 Å². The molecule has 2 nitrogen and oxygen atoms in total. The molecule has 0 aromatic carbocycles. The van der Waals surface area contributed by atoms with E-state index in [1.54, 1.807) is 0 Å². The Bertz CT molecular complexity index is 217. The van der Waals surface area contributed by atoms with Gasteiger partial charge in [0.2, 0.25) is 0 Å². The monoisotopic (exact) mass is 236 g/mol. The highest BCUT2D eigenvalue weighted by Gasteiger charge is 2.60. The number of hydrogen-bond donors (Lipinski definition) is 2. The van der Waals surface area contributed by atoms with Crippen molar-refractivity contribution in [1.29, 1.82) is 0 Å². The van der Waals surface area contributed by atoms with Crippen LogP contribution in [0.1, 0.15) is 6.92 Å². The van der Waals surface area contributed by atoms with Crippen LogP contribution in [0.15, 0.2) is 12.2 Å². The molecule has 90 valence electrons. The van der Waals surface area contributed by atoms with Crippen LogP contribution in [0, 0.1) is 5.92 Å². The summed E-state index contributed by atoms with van der Waals surface area (Å²) in [7, 11) is 0. The Hall–Kier alpha value is -0.760. The van der Waals surface area contributed by atoms with Gasteiger partial charge in [0.05, 0.1) is 6.04 Å². The molecule has 0 aromatic heterocycles. The van der Waals surface area contributed by atoms with Crippen LogP contribution >= 0.6 is 0 Å². The number of halogens is 6. The zero-order valence-electron chi connectivity index (χ0n) is 7.71.